The lowest BCUT2D eigenvalue weighted by atomic mass is 10.2. The molecule has 4 nitrogen and oxygen atoms in total. The van der Waals surface area contributed by atoms with E-state index < -0.39 is 0 Å². The quantitative estimate of drug-likeness (QED) is 0.0837. The zero-order valence-corrected chi connectivity index (χ0v) is 38.2. The summed E-state index contributed by atoms with van der Waals surface area (Å²) >= 11 is 0. The fourth-order valence-electron chi connectivity index (χ4n) is 2.65. The molecule has 0 rings (SSSR count). The highest BCUT2D eigenvalue weighted by atomic mass is 16.3. The molecule has 0 fully saturated rings. The molecule has 3 atom stereocenters. The number of ketones is 1. The van der Waals surface area contributed by atoms with Crippen molar-refractivity contribution in [1.29, 1.82) is 0 Å². The van der Waals surface area contributed by atoms with Gasteiger partial charge in [-0.2, -0.15) is 0 Å². The Kier molecular flexibility index (Phi) is 119. The van der Waals surface area contributed by atoms with Crippen LogP contribution in [0.2, 0.25) is 0 Å². The zero-order chi connectivity index (χ0) is 42.7. The van der Waals surface area contributed by atoms with Crippen LogP contribution in [0.15, 0.2) is 86.1 Å². The minimum atomic E-state index is -0.184. The Morgan fingerprint density at radius 3 is 0.962 bits per heavy atom. The van der Waals surface area contributed by atoms with Crippen LogP contribution in [0.3, 0.4) is 0 Å². The summed E-state index contributed by atoms with van der Waals surface area (Å²) in [5, 5.41) is 25.9. The average Bonchev–Trinajstić information content (AvgIpc) is 3.10. The van der Waals surface area contributed by atoms with Gasteiger partial charge in [0.2, 0.25) is 0 Å². The highest BCUT2D eigenvalue weighted by Gasteiger charge is 1.90. The second-order valence-corrected chi connectivity index (χ2v) is 12.0. The zero-order valence-electron chi connectivity index (χ0n) is 38.2. The number of aliphatic hydroxyl groups is 3. The molecule has 0 aliphatic carbocycles. The average molecular weight is 739 g/mol. The van der Waals surface area contributed by atoms with Gasteiger partial charge < -0.3 is 20.1 Å². The van der Waals surface area contributed by atoms with Gasteiger partial charge in [-0.3, -0.25) is 0 Å². The third-order valence-corrected chi connectivity index (χ3v) is 5.43. The van der Waals surface area contributed by atoms with Gasteiger partial charge in [-0.15, -0.1) is 13.2 Å². The van der Waals surface area contributed by atoms with Gasteiger partial charge in [-0.25, -0.2) is 0 Å². The SMILES string of the molecule is C/C=C/C=C/C.C/C=C/CC(C)O.C/C=C/CC(C)O.C/C=C/CCC.C=CC.C=CC.CCCCC(C)=O.CCCCC(C)O.CCCCCC. The Bertz CT molecular complexity index is 657. The molecular weight excluding hydrogens is 641 g/mol. The molecule has 0 heterocycles. The van der Waals surface area contributed by atoms with E-state index >= 15 is 0 Å². The Morgan fingerprint density at radius 2 is 0.846 bits per heavy atom. The molecule has 0 aromatic heterocycles. The normalized spacial score (nSPS) is 11.3. The lowest BCUT2D eigenvalue weighted by Crippen LogP contribution is -1.97. The van der Waals surface area contributed by atoms with Gasteiger partial charge in [0.15, 0.2) is 0 Å². The summed E-state index contributed by atoms with van der Waals surface area (Å²) in [6.07, 6.45) is 38.9. The first-order chi connectivity index (χ1) is 24.7. The largest absolute Gasteiger partial charge is 0.393 e. The molecule has 4 heteroatoms. The van der Waals surface area contributed by atoms with Crippen molar-refractivity contribution >= 4 is 5.78 Å². The van der Waals surface area contributed by atoms with Crippen molar-refractivity contribution in [3.05, 3.63) is 86.1 Å². The monoisotopic (exact) mass is 739 g/mol. The summed E-state index contributed by atoms with van der Waals surface area (Å²) in [4.78, 5) is 10.2. The number of rotatable bonds is 16. The Morgan fingerprint density at radius 1 is 0.519 bits per heavy atom. The minimum Gasteiger partial charge on any atom is -0.393 e. The molecule has 0 amide bonds. The van der Waals surface area contributed by atoms with E-state index in [9.17, 15) is 4.79 Å². The predicted octanol–water partition coefficient (Wildman–Crippen LogP) is 15.5. The van der Waals surface area contributed by atoms with Crippen LogP contribution in [0, 0.1) is 0 Å². The summed E-state index contributed by atoms with van der Waals surface area (Å²) in [5.74, 6) is 0.307. The second kappa shape index (κ2) is 87.0. The van der Waals surface area contributed by atoms with Crippen molar-refractivity contribution in [3.8, 4) is 0 Å². The third-order valence-electron chi connectivity index (χ3n) is 5.43. The van der Waals surface area contributed by atoms with E-state index in [1.54, 1.807) is 32.9 Å². The molecule has 3 N–H and O–H groups in total. The van der Waals surface area contributed by atoms with Crippen LogP contribution in [0.1, 0.15) is 201 Å². The lowest BCUT2D eigenvalue weighted by Gasteiger charge is -1.98. The van der Waals surface area contributed by atoms with Crippen LogP contribution < -0.4 is 0 Å². The first-order valence-electron chi connectivity index (χ1n) is 20.4. The van der Waals surface area contributed by atoms with Crippen molar-refractivity contribution in [2.45, 2.75) is 219 Å². The van der Waals surface area contributed by atoms with Gasteiger partial charge in [0.1, 0.15) is 5.78 Å². The summed E-state index contributed by atoms with van der Waals surface area (Å²) in [5.41, 5.74) is 0. The van der Waals surface area contributed by atoms with Gasteiger partial charge in [-0.05, 0) is 108 Å². The number of hydrogen-bond donors (Lipinski definition) is 3. The maximum atomic E-state index is 10.2. The van der Waals surface area contributed by atoms with E-state index in [4.69, 9.17) is 15.3 Å². The molecule has 0 aliphatic heterocycles. The van der Waals surface area contributed by atoms with E-state index in [1.807, 2.05) is 97.1 Å². The molecule has 0 aliphatic rings. The van der Waals surface area contributed by atoms with E-state index in [0.717, 1.165) is 44.9 Å². The number of unbranched alkanes of at least 4 members (excludes halogenated alkanes) is 6. The maximum absolute atomic E-state index is 10.2. The molecule has 0 saturated heterocycles. The highest BCUT2D eigenvalue weighted by molar-refractivity contribution is 5.75. The second-order valence-electron chi connectivity index (χ2n) is 12.0. The molecule has 0 radical (unpaired) electrons. The van der Waals surface area contributed by atoms with Crippen molar-refractivity contribution in [3.63, 3.8) is 0 Å². The highest BCUT2D eigenvalue weighted by Crippen LogP contribution is 1.97. The minimum absolute atomic E-state index is 0.0973. The van der Waals surface area contributed by atoms with E-state index in [2.05, 4.69) is 66.9 Å². The van der Waals surface area contributed by atoms with Crippen LogP contribution >= 0.6 is 0 Å². The van der Waals surface area contributed by atoms with Gasteiger partial charge in [0.25, 0.3) is 0 Å². The molecular formula is C48H98O4. The van der Waals surface area contributed by atoms with Gasteiger partial charge in [0.05, 0.1) is 18.3 Å². The number of aliphatic hydroxyl groups excluding tert-OH is 3. The van der Waals surface area contributed by atoms with Crippen LogP contribution in [-0.4, -0.2) is 39.4 Å². The van der Waals surface area contributed by atoms with Gasteiger partial charge in [0, 0.05) is 6.42 Å². The third kappa shape index (κ3) is 202. The number of hydrogen-bond acceptors (Lipinski definition) is 4. The van der Waals surface area contributed by atoms with E-state index in [0.29, 0.717) is 5.78 Å². The van der Waals surface area contributed by atoms with Crippen molar-refractivity contribution < 1.29 is 20.1 Å². The number of allylic oxidation sites excluding steroid dienone is 10. The predicted molar refractivity (Wildman–Crippen MR) is 245 cm³/mol. The standard InChI is InChI=1S/C6H14O.3C6H12O.C6H14.C6H12.C6H10.2C3H6/c4*1-3-4-5-6(2)7;3*1-3-5-6-4-2;2*1-3-2/h6-7H,3-5H2,1-2H3;3-5H2,1-2H3;2*3-4,6-7H,5H2,1-2H3;3-6H2,1-2H3;3,5H,4,6H2,1-2H3;3-6H,1-2H3;2*3H,1H2,2H3/b;;2*4-3+;;5-3+;5-3+,6-4+;;. The van der Waals surface area contributed by atoms with Crippen LogP contribution in [-0.2, 0) is 4.79 Å². The Balaban J connectivity index is -0.0000000578. The summed E-state index contributed by atoms with van der Waals surface area (Å²) in [6.45, 7) is 38.3. The van der Waals surface area contributed by atoms with E-state index in [1.165, 1.54) is 44.9 Å². The lowest BCUT2D eigenvalue weighted by molar-refractivity contribution is -0.117. The molecule has 0 aromatic rings. The molecule has 3 unspecified atom stereocenters. The topological polar surface area (TPSA) is 77.8 Å². The molecule has 314 valence electrons. The molecule has 0 aromatic carbocycles. The summed E-state index contributed by atoms with van der Waals surface area (Å²) in [7, 11) is 0. The summed E-state index contributed by atoms with van der Waals surface area (Å²) in [6, 6.07) is 0. The van der Waals surface area contributed by atoms with Gasteiger partial charge >= 0.3 is 0 Å². The van der Waals surface area contributed by atoms with Crippen molar-refractivity contribution in [2.75, 3.05) is 0 Å². The summed E-state index contributed by atoms with van der Waals surface area (Å²) < 4.78 is 0. The molecule has 52 heavy (non-hydrogen) atoms. The fraction of sp³-hybridized carbons (Fsp3) is 0.688. The first-order valence-corrected chi connectivity index (χ1v) is 20.4. The van der Waals surface area contributed by atoms with Gasteiger partial charge in [-0.1, -0.05) is 159 Å². The van der Waals surface area contributed by atoms with Crippen LogP contribution in [0.4, 0.5) is 0 Å². The Hall–Kier alpha value is -2.27. The van der Waals surface area contributed by atoms with Crippen LogP contribution in [0.5, 0.6) is 0 Å². The van der Waals surface area contributed by atoms with Crippen LogP contribution in [0.25, 0.3) is 0 Å². The molecule has 0 saturated carbocycles. The maximum Gasteiger partial charge on any atom is 0.129 e. The van der Waals surface area contributed by atoms with Crippen molar-refractivity contribution in [1.82, 2.24) is 0 Å². The fourth-order valence-corrected chi connectivity index (χ4v) is 2.65. The smallest absolute Gasteiger partial charge is 0.129 e. The van der Waals surface area contributed by atoms with Crippen molar-refractivity contribution in [2.24, 2.45) is 0 Å². The number of Topliss-reactive ketones (excluding diaryl/α,β-unsaturated/α-hetero) is 1. The molecule has 0 bridgehead atoms. The Labute approximate surface area is 330 Å². The number of carbonyl (C=O) groups excluding carboxylic acids is 1. The molecule has 0 spiro atoms. The first kappa shape index (κ1) is 71.2. The number of carbonyl (C=O) groups is 1. The van der Waals surface area contributed by atoms with E-state index in [-0.39, 0.29) is 18.3 Å².